The van der Waals surface area contributed by atoms with Gasteiger partial charge in [0.25, 0.3) is 10.0 Å². The molecule has 1 aromatic rings. The third-order valence-electron chi connectivity index (χ3n) is 3.60. The molecular weight excluding hydrogens is 264 g/mol. The van der Waals surface area contributed by atoms with Crippen molar-refractivity contribution in [2.45, 2.75) is 43.7 Å². The van der Waals surface area contributed by atoms with Crippen LogP contribution in [0.3, 0.4) is 0 Å². The van der Waals surface area contributed by atoms with Crippen molar-refractivity contribution in [1.82, 2.24) is 20.2 Å². The van der Waals surface area contributed by atoms with Crippen molar-refractivity contribution < 1.29 is 8.42 Å². The van der Waals surface area contributed by atoms with Gasteiger partial charge in [0, 0.05) is 18.7 Å². The van der Waals surface area contributed by atoms with Gasteiger partial charge in [-0.3, -0.25) is 5.10 Å². The zero-order valence-corrected chi connectivity index (χ0v) is 12.1. The van der Waals surface area contributed by atoms with E-state index in [1.165, 1.54) is 19.3 Å². The Kier molecular flexibility index (Phi) is 4.95. The fraction of sp³-hybridized carbons (Fsp3) is 0.750. The number of hydrogen-bond donors (Lipinski definition) is 3. The van der Waals surface area contributed by atoms with Crippen molar-refractivity contribution in [3.8, 4) is 0 Å². The minimum Gasteiger partial charge on any atom is -0.316 e. The van der Waals surface area contributed by atoms with Crippen molar-refractivity contribution in [2.24, 2.45) is 5.92 Å². The summed E-state index contributed by atoms with van der Waals surface area (Å²) in [5.41, 5.74) is 0.665. The van der Waals surface area contributed by atoms with Crippen molar-refractivity contribution in [3.05, 3.63) is 11.8 Å². The maximum atomic E-state index is 12.2. The average molecular weight is 286 g/mol. The van der Waals surface area contributed by atoms with Crippen LogP contribution in [0.4, 0.5) is 0 Å². The summed E-state index contributed by atoms with van der Waals surface area (Å²) in [4.78, 5) is 0. The highest BCUT2D eigenvalue weighted by molar-refractivity contribution is 7.89. The number of rotatable bonds is 6. The van der Waals surface area contributed by atoms with E-state index in [-0.39, 0.29) is 5.03 Å². The standard InChI is InChI=1S/C12H22N4O2S/c1-13-8-11-9-14-16-12(11)19(17,18)15-7-10-5-3-2-4-6-10/h9-10,13,15H,2-8H2,1H3,(H,14,16). The van der Waals surface area contributed by atoms with Gasteiger partial charge in [0.2, 0.25) is 0 Å². The molecule has 3 N–H and O–H groups in total. The Hall–Kier alpha value is -0.920. The highest BCUT2D eigenvalue weighted by Gasteiger charge is 2.22. The van der Waals surface area contributed by atoms with Gasteiger partial charge in [-0.05, 0) is 25.8 Å². The maximum absolute atomic E-state index is 12.2. The number of nitrogens with one attached hydrogen (secondary N) is 3. The summed E-state index contributed by atoms with van der Waals surface area (Å²) in [7, 11) is -1.70. The summed E-state index contributed by atoms with van der Waals surface area (Å²) in [5, 5.41) is 9.51. The molecule has 108 valence electrons. The summed E-state index contributed by atoms with van der Waals surface area (Å²) in [6.07, 6.45) is 7.48. The lowest BCUT2D eigenvalue weighted by atomic mass is 9.90. The molecule has 1 heterocycles. The molecule has 0 amide bonds. The van der Waals surface area contributed by atoms with Crippen molar-refractivity contribution in [2.75, 3.05) is 13.6 Å². The van der Waals surface area contributed by atoms with E-state index < -0.39 is 10.0 Å². The summed E-state index contributed by atoms with van der Waals surface area (Å²) < 4.78 is 27.1. The molecule has 0 radical (unpaired) electrons. The van der Waals surface area contributed by atoms with E-state index in [4.69, 9.17) is 0 Å². The topological polar surface area (TPSA) is 86.9 Å². The SMILES string of the molecule is CNCc1cn[nH]c1S(=O)(=O)NCC1CCCCC1. The van der Waals surface area contributed by atoms with Gasteiger partial charge < -0.3 is 5.32 Å². The van der Waals surface area contributed by atoms with Crippen LogP contribution < -0.4 is 10.0 Å². The minimum atomic E-state index is -3.48. The molecule has 7 heteroatoms. The summed E-state index contributed by atoms with van der Waals surface area (Å²) in [6, 6.07) is 0. The molecule has 0 aliphatic heterocycles. The van der Waals surface area contributed by atoms with Gasteiger partial charge in [-0.25, -0.2) is 13.1 Å². The number of H-pyrrole nitrogens is 1. The Bertz CT molecular complexity index is 492. The quantitative estimate of drug-likeness (QED) is 0.728. The molecule has 0 unspecified atom stereocenters. The van der Waals surface area contributed by atoms with Crippen LogP contribution in [-0.4, -0.2) is 32.2 Å². The smallest absolute Gasteiger partial charge is 0.257 e. The first kappa shape index (κ1) is 14.5. The molecule has 2 rings (SSSR count). The summed E-state index contributed by atoms with van der Waals surface area (Å²) >= 11 is 0. The number of aromatic amines is 1. The van der Waals surface area contributed by atoms with Crippen molar-refractivity contribution in [1.29, 1.82) is 0 Å². The van der Waals surface area contributed by atoms with Crippen LogP contribution in [0.15, 0.2) is 11.2 Å². The van der Waals surface area contributed by atoms with E-state index in [2.05, 4.69) is 20.2 Å². The van der Waals surface area contributed by atoms with E-state index in [0.29, 0.717) is 24.6 Å². The molecule has 1 aliphatic rings. The van der Waals surface area contributed by atoms with Crippen LogP contribution in [0.5, 0.6) is 0 Å². The summed E-state index contributed by atoms with van der Waals surface area (Å²) in [5.74, 6) is 0.471. The molecule has 0 atom stereocenters. The van der Waals surface area contributed by atoms with Crippen molar-refractivity contribution >= 4 is 10.0 Å². The zero-order chi connectivity index (χ0) is 13.7. The van der Waals surface area contributed by atoms with E-state index in [0.717, 1.165) is 12.8 Å². The van der Waals surface area contributed by atoms with Crippen LogP contribution >= 0.6 is 0 Å². The molecule has 1 aliphatic carbocycles. The summed E-state index contributed by atoms with van der Waals surface area (Å²) in [6.45, 7) is 1.01. The monoisotopic (exact) mass is 286 g/mol. The van der Waals surface area contributed by atoms with Gasteiger partial charge in [-0.2, -0.15) is 5.10 Å². The molecule has 0 spiro atoms. The Morgan fingerprint density at radius 2 is 2.11 bits per heavy atom. The Labute approximate surface area is 114 Å². The number of nitrogens with zero attached hydrogens (tertiary/aromatic N) is 1. The minimum absolute atomic E-state index is 0.178. The lowest BCUT2D eigenvalue weighted by Crippen LogP contribution is -2.31. The zero-order valence-electron chi connectivity index (χ0n) is 11.3. The van der Waals surface area contributed by atoms with E-state index in [9.17, 15) is 8.42 Å². The van der Waals surface area contributed by atoms with Crippen LogP contribution in [0.2, 0.25) is 0 Å². The predicted octanol–water partition coefficient (Wildman–Crippen LogP) is 0.988. The maximum Gasteiger partial charge on any atom is 0.257 e. The van der Waals surface area contributed by atoms with Crippen LogP contribution in [0.1, 0.15) is 37.7 Å². The van der Waals surface area contributed by atoms with E-state index >= 15 is 0 Å². The largest absolute Gasteiger partial charge is 0.316 e. The number of sulfonamides is 1. The fourth-order valence-electron chi connectivity index (χ4n) is 2.54. The predicted molar refractivity (Wildman–Crippen MR) is 73.1 cm³/mol. The van der Waals surface area contributed by atoms with Crippen LogP contribution in [0.25, 0.3) is 0 Å². The van der Waals surface area contributed by atoms with Gasteiger partial charge in [0.1, 0.15) is 0 Å². The second kappa shape index (κ2) is 6.49. The first-order chi connectivity index (χ1) is 9.13. The first-order valence-corrected chi connectivity index (χ1v) is 8.28. The highest BCUT2D eigenvalue weighted by atomic mass is 32.2. The second-order valence-corrected chi connectivity index (χ2v) is 6.81. The molecule has 6 nitrogen and oxygen atoms in total. The average Bonchev–Trinajstić information content (AvgIpc) is 2.87. The molecule has 1 aromatic heterocycles. The van der Waals surface area contributed by atoms with E-state index in [1.807, 2.05) is 0 Å². The number of aromatic nitrogens is 2. The molecule has 1 saturated carbocycles. The van der Waals surface area contributed by atoms with Gasteiger partial charge >= 0.3 is 0 Å². The lowest BCUT2D eigenvalue weighted by Gasteiger charge is -2.21. The number of hydrogen-bond acceptors (Lipinski definition) is 4. The normalized spacial score (nSPS) is 17.7. The molecular formula is C12H22N4O2S. The third kappa shape index (κ3) is 3.77. The molecule has 19 heavy (non-hydrogen) atoms. The molecule has 1 fully saturated rings. The van der Waals surface area contributed by atoms with Crippen molar-refractivity contribution in [3.63, 3.8) is 0 Å². The fourth-order valence-corrected chi connectivity index (χ4v) is 3.78. The molecule has 0 bridgehead atoms. The Morgan fingerprint density at radius 1 is 1.37 bits per heavy atom. The first-order valence-electron chi connectivity index (χ1n) is 6.80. The van der Waals surface area contributed by atoms with Crippen LogP contribution in [0, 0.1) is 5.92 Å². The third-order valence-corrected chi connectivity index (χ3v) is 5.04. The lowest BCUT2D eigenvalue weighted by molar-refractivity contribution is 0.357. The molecule has 0 aromatic carbocycles. The highest BCUT2D eigenvalue weighted by Crippen LogP contribution is 2.23. The van der Waals surface area contributed by atoms with E-state index in [1.54, 1.807) is 13.2 Å². The Balaban J connectivity index is 1.98. The Morgan fingerprint density at radius 3 is 2.79 bits per heavy atom. The van der Waals surface area contributed by atoms with Crippen LogP contribution in [-0.2, 0) is 16.6 Å². The molecule has 0 saturated heterocycles. The van der Waals surface area contributed by atoms with Gasteiger partial charge in [-0.1, -0.05) is 19.3 Å². The van der Waals surface area contributed by atoms with Gasteiger partial charge in [-0.15, -0.1) is 0 Å². The van der Waals surface area contributed by atoms with Gasteiger partial charge in [0.05, 0.1) is 6.20 Å². The second-order valence-electron chi connectivity index (χ2n) is 5.11. The van der Waals surface area contributed by atoms with Gasteiger partial charge in [0.15, 0.2) is 5.03 Å².